The van der Waals surface area contributed by atoms with Crippen LogP contribution in [-0.2, 0) is 5.41 Å². The second-order valence-electron chi connectivity index (χ2n) is 6.94. The summed E-state index contributed by atoms with van der Waals surface area (Å²) in [5.74, 6) is 0.816. The van der Waals surface area contributed by atoms with E-state index in [9.17, 15) is 0 Å². The van der Waals surface area contributed by atoms with Crippen molar-refractivity contribution < 1.29 is 0 Å². The highest BCUT2D eigenvalue weighted by Gasteiger charge is 2.32. The van der Waals surface area contributed by atoms with Crippen molar-refractivity contribution >= 4 is 0 Å². The van der Waals surface area contributed by atoms with Crippen LogP contribution < -0.4 is 5.32 Å². The van der Waals surface area contributed by atoms with Crippen molar-refractivity contribution in [1.29, 1.82) is 0 Å². The van der Waals surface area contributed by atoms with Gasteiger partial charge in [-0.3, -0.25) is 0 Å². The van der Waals surface area contributed by atoms with Gasteiger partial charge in [0.2, 0.25) is 0 Å². The lowest BCUT2D eigenvalue weighted by Gasteiger charge is -2.34. The van der Waals surface area contributed by atoms with Crippen LogP contribution in [0.2, 0.25) is 0 Å². The molecule has 112 valence electrons. The Morgan fingerprint density at radius 1 is 1.20 bits per heavy atom. The zero-order valence-electron chi connectivity index (χ0n) is 13.5. The van der Waals surface area contributed by atoms with E-state index in [0.717, 1.165) is 18.5 Å². The minimum Gasteiger partial charge on any atom is -0.313 e. The van der Waals surface area contributed by atoms with Crippen molar-refractivity contribution in [2.75, 3.05) is 6.54 Å². The predicted octanol–water partition coefficient (Wildman–Crippen LogP) is 4.91. The molecule has 0 saturated heterocycles. The molecule has 1 aliphatic rings. The van der Waals surface area contributed by atoms with Crippen molar-refractivity contribution in [2.45, 2.75) is 70.8 Å². The molecule has 0 aliphatic heterocycles. The summed E-state index contributed by atoms with van der Waals surface area (Å²) in [6.07, 6.45) is 7.98. The van der Waals surface area contributed by atoms with Crippen molar-refractivity contribution in [3.05, 3.63) is 35.9 Å². The van der Waals surface area contributed by atoms with E-state index in [1.807, 2.05) is 0 Å². The van der Waals surface area contributed by atoms with E-state index in [0.29, 0.717) is 5.41 Å². The maximum Gasteiger partial charge on any atom is 0.00752 e. The zero-order chi connectivity index (χ0) is 14.4. The van der Waals surface area contributed by atoms with Crippen LogP contribution in [0.4, 0.5) is 0 Å². The summed E-state index contributed by atoms with van der Waals surface area (Å²) in [5.41, 5.74) is 1.86. The third kappa shape index (κ3) is 4.34. The van der Waals surface area contributed by atoms with E-state index in [4.69, 9.17) is 0 Å². The van der Waals surface area contributed by atoms with Crippen LogP contribution in [0.5, 0.6) is 0 Å². The van der Waals surface area contributed by atoms with Crippen LogP contribution in [0.25, 0.3) is 0 Å². The van der Waals surface area contributed by atoms with E-state index >= 15 is 0 Å². The molecule has 1 aliphatic carbocycles. The summed E-state index contributed by atoms with van der Waals surface area (Å²) in [6, 6.07) is 12.0. The zero-order valence-corrected chi connectivity index (χ0v) is 13.5. The minimum atomic E-state index is 0.332. The Labute approximate surface area is 125 Å². The Morgan fingerprint density at radius 3 is 2.45 bits per heavy atom. The van der Waals surface area contributed by atoms with Gasteiger partial charge in [-0.2, -0.15) is 0 Å². The van der Waals surface area contributed by atoms with Crippen molar-refractivity contribution in [3.63, 3.8) is 0 Å². The van der Waals surface area contributed by atoms with E-state index in [2.05, 4.69) is 56.4 Å². The molecule has 2 rings (SSSR count). The Balaban J connectivity index is 2.06. The van der Waals surface area contributed by atoms with Crippen LogP contribution in [0.3, 0.4) is 0 Å². The fourth-order valence-electron chi connectivity index (χ4n) is 3.11. The average molecular weight is 273 g/mol. The highest BCUT2D eigenvalue weighted by molar-refractivity contribution is 5.26. The smallest absolute Gasteiger partial charge is 0.00752 e. The second kappa shape index (κ2) is 7.26. The van der Waals surface area contributed by atoms with E-state index < -0.39 is 0 Å². The van der Waals surface area contributed by atoms with Crippen LogP contribution in [0.1, 0.15) is 64.9 Å². The fourth-order valence-corrected chi connectivity index (χ4v) is 3.11. The van der Waals surface area contributed by atoms with Crippen molar-refractivity contribution in [3.8, 4) is 0 Å². The Hall–Kier alpha value is -0.820. The largest absolute Gasteiger partial charge is 0.313 e. The van der Waals surface area contributed by atoms with Crippen LogP contribution >= 0.6 is 0 Å². The molecule has 1 fully saturated rings. The third-order valence-corrected chi connectivity index (χ3v) is 4.81. The first-order valence-electron chi connectivity index (χ1n) is 8.45. The standard InChI is InChI=1S/C19H31N/c1-4-19(14-8-9-16(2)3,15-20-18-12-13-18)17-10-6-5-7-11-17/h5-7,10-11,16,18,20H,4,8-9,12-15H2,1-3H3. The quantitative estimate of drug-likeness (QED) is 0.674. The number of benzene rings is 1. The van der Waals surface area contributed by atoms with Gasteiger partial charge in [-0.1, -0.05) is 63.9 Å². The molecule has 1 nitrogen and oxygen atoms in total. The third-order valence-electron chi connectivity index (χ3n) is 4.81. The molecule has 0 amide bonds. The highest BCUT2D eigenvalue weighted by atomic mass is 15.0. The molecule has 0 heterocycles. The van der Waals surface area contributed by atoms with Gasteiger partial charge in [-0.25, -0.2) is 0 Å². The number of hydrogen-bond acceptors (Lipinski definition) is 1. The molecule has 20 heavy (non-hydrogen) atoms. The summed E-state index contributed by atoms with van der Waals surface area (Å²) in [6.45, 7) is 8.17. The monoisotopic (exact) mass is 273 g/mol. The molecule has 1 N–H and O–H groups in total. The fraction of sp³-hybridized carbons (Fsp3) is 0.684. The molecular weight excluding hydrogens is 242 g/mol. The van der Waals surface area contributed by atoms with Gasteiger partial charge in [0.1, 0.15) is 0 Å². The number of hydrogen-bond donors (Lipinski definition) is 1. The molecule has 1 saturated carbocycles. The van der Waals surface area contributed by atoms with Crippen LogP contribution in [-0.4, -0.2) is 12.6 Å². The van der Waals surface area contributed by atoms with Gasteiger partial charge in [0, 0.05) is 18.0 Å². The maximum absolute atomic E-state index is 3.79. The molecule has 0 aromatic heterocycles. The molecule has 1 aromatic rings. The summed E-state index contributed by atoms with van der Waals surface area (Å²) in [7, 11) is 0. The van der Waals surface area contributed by atoms with Crippen LogP contribution in [0.15, 0.2) is 30.3 Å². The lowest BCUT2D eigenvalue weighted by Crippen LogP contribution is -2.39. The Bertz CT molecular complexity index is 380. The van der Waals surface area contributed by atoms with E-state index in [1.54, 1.807) is 0 Å². The van der Waals surface area contributed by atoms with E-state index in [-0.39, 0.29) is 0 Å². The van der Waals surface area contributed by atoms with Gasteiger partial charge >= 0.3 is 0 Å². The van der Waals surface area contributed by atoms with Gasteiger partial charge in [0.25, 0.3) is 0 Å². The Kier molecular flexibility index (Phi) is 5.65. The summed E-state index contributed by atoms with van der Waals surface area (Å²) in [4.78, 5) is 0. The number of rotatable bonds is 9. The molecule has 1 heteroatoms. The van der Waals surface area contributed by atoms with Gasteiger partial charge in [0.05, 0.1) is 0 Å². The number of nitrogens with one attached hydrogen (secondary N) is 1. The van der Waals surface area contributed by atoms with Crippen molar-refractivity contribution in [1.82, 2.24) is 5.32 Å². The minimum absolute atomic E-state index is 0.332. The summed E-state index contributed by atoms with van der Waals surface area (Å²) < 4.78 is 0. The predicted molar refractivity (Wildman–Crippen MR) is 88.1 cm³/mol. The van der Waals surface area contributed by atoms with Gasteiger partial charge in [-0.15, -0.1) is 0 Å². The van der Waals surface area contributed by atoms with Gasteiger partial charge in [-0.05, 0) is 37.2 Å². The Morgan fingerprint density at radius 2 is 1.90 bits per heavy atom. The molecule has 0 spiro atoms. The first-order chi connectivity index (χ1) is 9.66. The molecule has 1 aromatic carbocycles. The molecule has 1 unspecified atom stereocenters. The SMILES string of the molecule is CCC(CCCC(C)C)(CNC1CC1)c1ccccc1. The lowest BCUT2D eigenvalue weighted by atomic mass is 9.73. The van der Waals surface area contributed by atoms with E-state index in [1.165, 1.54) is 44.1 Å². The first-order valence-corrected chi connectivity index (χ1v) is 8.45. The topological polar surface area (TPSA) is 12.0 Å². The summed E-state index contributed by atoms with van der Waals surface area (Å²) >= 11 is 0. The van der Waals surface area contributed by atoms with Gasteiger partial charge in [0.15, 0.2) is 0 Å². The van der Waals surface area contributed by atoms with Crippen molar-refractivity contribution in [2.24, 2.45) is 5.92 Å². The average Bonchev–Trinajstić information content (AvgIpc) is 3.28. The van der Waals surface area contributed by atoms with Crippen LogP contribution in [0, 0.1) is 5.92 Å². The normalized spacial score (nSPS) is 18.2. The molecular formula is C19H31N. The van der Waals surface area contributed by atoms with Gasteiger partial charge < -0.3 is 5.32 Å². The molecule has 0 radical (unpaired) electrons. The summed E-state index contributed by atoms with van der Waals surface area (Å²) in [5, 5.41) is 3.79. The second-order valence-corrected chi connectivity index (χ2v) is 6.94. The maximum atomic E-state index is 3.79. The molecule has 1 atom stereocenters. The highest BCUT2D eigenvalue weighted by Crippen LogP contribution is 2.34. The lowest BCUT2D eigenvalue weighted by molar-refractivity contribution is 0.332. The molecule has 0 bridgehead atoms. The first kappa shape index (κ1) is 15.6.